The Hall–Kier alpha value is -0.120. The molecule has 0 spiro atoms. The number of fused-ring (bicyclic) bond motifs is 5. The van der Waals surface area contributed by atoms with E-state index in [9.17, 15) is 15.3 Å². The Kier molecular flexibility index (Phi) is 3.69. The standard InChI is InChI=1S/C20H34O3/c1-11-8-15-17-14(5-7-20(15,3)18(11)23)19(2)6-4-13(21)9-12(19)10-16(17)22/h11-18,21-23H,4-10H2,1-3H3/t11-,12+,13+,14?,15?,16+,17?,18+,19+,20+/m1/s1. The average Bonchev–Trinajstić information content (AvgIpc) is 2.73. The normalized spacial score (nSPS) is 62.3. The molecule has 0 aliphatic heterocycles. The molecule has 4 aliphatic carbocycles. The Morgan fingerprint density at radius 3 is 2.26 bits per heavy atom. The number of rotatable bonds is 0. The van der Waals surface area contributed by atoms with Crippen LogP contribution in [-0.2, 0) is 0 Å². The third-order valence-corrected chi connectivity index (χ3v) is 8.93. The van der Waals surface area contributed by atoms with E-state index in [0.717, 1.165) is 44.9 Å². The predicted molar refractivity (Wildman–Crippen MR) is 89.7 cm³/mol. The zero-order chi connectivity index (χ0) is 16.6. The first-order valence-corrected chi connectivity index (χ1v) is 9.81. The average molecular weight is 322 g/mol. The SMILES string of the molecule is C[C@@H]1CC2C3C(CC[C@]2(C)[C@H]1O)[C@@]1(C)CC[C@H](O)C[C@H]1C[C@@H]3O. The fraction of sp³-hybridized carbons (Fsp3) is 1.00. The van der Waals surface area contributed by atoms with Crippen molar-refractivity contribution in [3.05, 3.63) is 0 Å². The zero-order valence-electron chi connectivity index (χ0n) is 14.9. The van der Waals surface area contributed by atoms with Crippen LogP contribution in [0.3, 0.4) is 0 Å². The largest absolute Gasteiger partial charge is 0.393 e. The number of hydrogen-bond acceptors (Lipinski definition) is 3. The second-order valence-corrected chi connectivity index (χ2v) is 9.93. The molecule has 3 nitrogen and oxygen atoms in total. The van der Waals surface area contributed by atoms with E-state index in [1.807, 2.05) is 0 Å². The number of hydrogen-bond donors (Lipinski definition) is 3. The quantitative estimate of drug-likeness (QED) is 0.642. The van der Waals surface area contributed by atoms with Crippen LogP contribution >= 0.6 is 0 Å². The van der Waals surface area contributed by atoms with E-state index >= 15 is 0 Å². The fourth-order valence-electron chi connectivity index (χ4n) is 7.54. The molecule has 0 radical (unpaired) electrons. The number of aliphatic hydroxyl groups excluding tert-OH is 3. The first-order valence-electron chi connectivity index (χ1n) is 9.81. The molecule has 0 aromatic rings. The number of aliphatic hydroxyl groups is 3. The Bertz CT molecular complexity index is 480. The van der Waals surface area contributed by atoms with Gasteiger partial charge in [0, 0.05) is 0 Å². The Labute approximate surface area is 140 Å². The summed E-state index contributed by atoms with van der Waals surface area (Å²) in [7, 11) is 0. The lowest BCUT2D eigenvalue weighted by Crippen LogP contribution is -2.58. The Balaban J connectivity index is 1.68. The van der Waals surface area contributed by atoms with Gasteiger partial charge in [0.15, 0.2) is 0 Å². The molecule has 0 aromatic carbocycles. The first-order chi connectivity index (χ1) is 10.8. The summed E-state index contributed by atoms with van der Waals surface area (Å²) in [5, 5.41) is 31.9. The van der Waals surface area contributed by atoms with E-state index in [1.54, 1.807) is 0 Å². The highest BCUT2D eigenvalue weighted by atomic mass is 16.3. The third-order valence-electron chi connectivity index (χ3n) is 8.93. The van der Waals surface area contributed by atoms with Crippen molar-refractivity contribution in [1.29, 1.82) is 0 Å². The summed E-state index contributed by atoms with van der Waals surface area (Å²) >= 11 is 0. The van der Waals surface area contributed by atoms with Gasteiger partial charge in [0.25, 0.3) is 0 Å². The fourth-order valence-corrected chi connectivity index (χ4v) is 7.54. The van der Waals surface area contributed by atoms with E-state index in [0.29, 0.717) is 29.6 Å². The summed E-state index contributed by atoms with van der Waals surface area (Å²) in [6, 6.07) is 0. The highest BCUT2D eigenvalue weighted by Crippen LogP contribution is 2.66. The Morgan fingerprint density at radius 2 is 1.52 bits per heavy atom. The summed E-state index contributed by atoms with van der Waals surface area (Å²) in [4.78, 5) is 0. The molecular weight excluding hydrogens is 288 g/mol. The van der Waals surface area contributed by atoms with Gasteiger partial charge in [-0.25, -0.2) is 0 Å². The molecule has 0 aromatic heterocycles. The summed E-state index contributed by atoms with van der Waals surface area (Å²) < 4.78 is 0. The minimum absolute atomic E-state index is 0.00105. The van der Waals surface area contributed by atoms with E-state index in [-0.39, 0.29) is 29.1 Å². The monoisotopic (exact) mass is 322 g/mol. The molecule has 3 N–H and O–H groups in total. The molecule has 0 amide bonds. The minimum atomic E-state index is -0.245. The maximum Gasteiger partial charge on any atom is 0.0622 e. The molecule has 3 heteroatoms. The van der Waals surface area contributed by atoms with Crippen LogP contribution in [0.25, 0.3) is 0 Å². The van der Waals surface area contributed by atoms with Crippen LogP contribution in [0.15, 0.2) is 0 Å². The zero-order valence-corrected chi connectivity index (χ0v) is 14.9. The van der Waals surface area contributed by atoms with E-state index < -0.39 is 0 Å². The molecule has 10 atom stereocenters. The molecule has 3 unspecified atom stereocenters. The van der Waals surface area contributed by atoms with Gasteiger partial charge >= 0.3 is 0 Å². The molecule has 0 saturated heterocycles. The third kappa shape index (κ3) is 2.12. The van der Waals surface area contributed by atoms with Gasteiger partial charge in [0.1, 0.15) is 0 Å². The second-order valence-electron chi connectivity index (χ2n) is 9.93. The van der Waals surface area contributed by atoms with Crippen molar-refractivity contribution in [2.75, 3.05) is 0 Å². The molecule has 4 saturated carbocycles. The van der Waals surface area contributed by atoms with Crippen molar-refractivity contribution in [3.8, 4) is 0 Å². The molecule has 0 heterocycles. The molecule has 132 valence electrons. The van der Waals surface area contributed by atoms with Gasteiger partial charge in [-0.15, -0.1) is 0 Å². The highest BCUT2D eigenvalue weighted by molar-refractivity contribution is 5.12. The maximum atomic E-state index is 11.0. The Morgan fingerprint density at radius 1 is 0.826 bits per heavy atom. The van der Waals surface area contributed by atoms with Crippen LogP contribution in [0.4, 0.5) is 0 Å². The topological polar surface area (TPSA) is 60.7 Å². The summed E-state index contributed by atoms with van der Waals surface area (Å²) in [6.07, 6.45) is 6.44. The van der Waals surface area contributed by atoms with E-state index in [1.165, 1.54) is 0 Å². The predicted octanol–water partition coefficient (Wildman–Crippen LogP) is 2.97. The van der Waals surface area contributed by atoms with Gasteiger partial charge in [-0.3, -0.25) is 0 Å². The molecule has 4 rings (SSSR count). The molecule has 23 heavy (non-hydrogen) atoms. The van der Waals surface area contributed by atoms with Gasteiger partial charge in [0.05, 0.1) is 18.3 Å². The molecular formula is C20H34O3. The van der Waals surface area contributed by atoms with Crippen LogP contribution in [0.2, 0.25) is 0 Å². The van der Waals surface area contributed by atoms with Crippen LogP contribution in [0.1, 0.15) is 65.7 Å². The van der Waals surface area contributed by atoms with E-state index in [2.05, 4.69) is 20.8 Å². The molecule has 4 aliphatic rings. The first kappa shape index (κ1) is 16.4. The van der Waals surface area contributed by atoms with Crippen molar-refractivity contribution in [1.82, 2.24) is 0 Å². The summed E-state index contributed by atoms with van der Waals surface area (Å²) in [5.41, 5.74) is 0.278. The maximum absolute atomic E-state index is 11.0. The van der Waals surface area contributed by atoms with Crippen molar-refractivity contribution in [2.24, 2.45) is 40.4 Å². The van der Waals surface area contributed by atoms with Crippen molar-refractivity contribution in [3.63, 3.8) is 0 Å². The van der Waals surface area contributed by atoms with Gasteiger partial charge in [0.2, 0.25) is 0 Å². The van der Waals surface area contributed by atoms with Crippen molar-refractivity contribution < 1.29 is 15.3 Å². The molecule has 4 fully saturated rings. The van der Waals surface area contributed by atoms with Crippen LogP contribution in [0, 0.1) is 40.4 Å². The van der Waals surface area contributed by atoms with E-state index in [4.69, 9.17) is 0 Å². The van der Waals surface area contributed by atoms with Crippen LogP contribution in [0.5, 0.6) is 0 Å². The van der Waals surface area contributed by atoms with Crippen LogP contribution < -0.4 is 0 Å². The van der Waals surface area contributed by atoms with Crippen molar-refractivity contribution >= 4 is 0 Å². The van der Waals surface area contributed by atoms with Gasteiger partial charge in [-0.1, -0.05) is 20.8 Å². The summed E-state index contributed by atoms with van der Waals surface area (Å²) in [6.45, 7) is 6.89. The smallest absolute Gasteiger partial charge is 0.0622 e. The lowest BCUT2D eigenvalue weighted by molar-refractivity contribution is -0.177. The highest BCUT2D eigenvalue weighted by Gasteiger charge is 2.63. The van der Waals surface area contributed by atoms with Gasteiger partial charge in [-0.2, -0.15) is 0 Å². The molecule has 0 bridgehead atoms. The second kappa shape index (κ2) is 5.19. The van der Waals surface area contributed by atoms with Crippen molar-refractivity contribution in [2.45, 2.75) is 84.0 Å². The van der Waals surface area contributed by atoms with Gasteiger partial charge < -0.3 is 15.3 Å². The lowest BCUT2D eigenvalue weighted by Gasteiger charge is -2.61. The lowest BCUT2D eigenvalue weighted by atomic mass is 9.44. The van der Waals surface area contributed by atoms with Crippen LogP contribution in [-0.4, -0.2) is 33.6 Å². The summed E-state index contributed by atoms with van der Waals surface area (Å²) in [5.74, 6) is 2.21. The minimum Gasteiger partial charge on any atom is -0.393 e. The van der Waals surface area contributed by atoms with Gasteiger partial charge in [-0.05, 0) is 85.4 Å².